The summed E-state index contributed by atoms with van der Waals surface area (Å²) < 4.78 is 5.69. The van der Waals surface area contributed by atoms with Crippen LogP contribution in [0.5, 0.6) is 5.75 Å². The molecule has 19 heavy (non-hydrogen) atoms. The summed E-state index contributed by atoms with van der Waals surface area (Å²) in [5, 5.41) is 1.11. The lowest BCUT2D eigenvalue weighted by Crippen LogP contribution is -2.05. The summed E-state index contributed by atoms with van der Waals surface area (Å²) in [6, 6.07) is 9.93. The first kappa shape index (κ1) is 14.0. The van der Waals surface area contributed by atoms with Gasteiger partial charge in [-0.25, -0.2) is 4.98 Å². The van der Waals surface area contributed by atoms with E-state index in [-0.39, 0.29) is 6.04 Å². The molecule has 2 aromatic rings. The molecule has 0 saturated heterocycles. The van der Waals surface area contributed by atoms with Crippen LogP contribution < -0.4 is 10.5 Å². The van der Waals surface area contributed by atoms with Crippen LogP contribution in [-0.4, -0.2) is 11.6 Å². The molecule has 1 aromatic carbocycles. The van der Waals surface area contributed by atoms with Crippen molar-refractivity contribution in [3.05, 3.63) is 45.9 Å². The third-order valence-electron chi connectivity index (χ3n) is 2.85. The molecule has 102 valence electrons. The van der Waals surface area contributed by atoms with Crippen molar-refractivity contribution in [1.82, 2.24) is 4.98 Å². The lowest BCUT2D eigenvalue weighted by molar-refractivity contribution is 0.321. The summed E-state index contributed by atoms with van der Waals surface area (Å²) in [6.45, 7) is 4.78. The quantitative estimate of drug-likeness (QED) is 0.880. The van der Waals surface area contributed by atoms with Gasteiger partial charge in [0, 0.05) is 17.3 Å². The molecule has 0 fully saturated rings. The number of thiazole rings is 1. The summed E-state index contributed by atoms with van der Waals surface area (Å²) in [5.41, 5.74) is 7.10. The lowest BCUT2D eigenvalue weighted by atomic mass is 10.2. The van der Waals surface area contributed by atoms with Gasteiger partial charge in [0.1, 0.15) is 5.75 Å². The number of benzene rings is 1. The first-order chi connectivity index (χ1) is 9.20. The van der Waals surface area contributed by atoms with Gasteiger partial charge in [-0.15, -0.1) is 11.3 Å². The highest BCUT2D eigenvalue weighted by atomic mass is 32.1. The number of aryl methyl sites for hydroxylation is 1. The van der Waals surface area contributed by atoms with E-state index >= 15 is 0 Å². The highest BCUT2D eigenvalue weighted by molar-refractivity contribution is 7.11. The highest BCUT2D eigenvalue weighted by Crippen LogP contribution is 2.25. The third kappa shape index (κ3) is 3.78. The molecule has 0 aliphatic rings. The maximum atomic E-state index is 5.96. The van der Waals surface area contributed by atoms with Gasteiger partial charge in [0.15, 0.2) is 0 Å². The van der Waals surface area contributed by atoms with Crippen molar-refractivity contribution in [2.24, 2.45) is 5.73 Å². The van der Waals surface area contributed by atoms with Gasteiger partial charge in [0.2, 0.25) is 0 Å². The fraction of sp³-hybridized carbons (Fsp3) is 0.400. The summed E-state index contributed by atoms with van der Waals surface area (Å²) in [5.74, 6) is 0.905. The largest absolute Gasteiger partial charge is 0.493 e. The Labute approximate surface area is 118 Å². The Morgan fingerprint density at radius 3 is 2.63 bits per heavy atom. The van der Waals surface area contributed by atoms with Crippen LogP contribution in [0.1, 0.15) is 35.5 Å². The first-order valence-electron chi connectivity index (χ1n) is 6.62. The number of aromatic nitrogens is 1. The second-order valence-electron chi connectivity index (χ2n) is 4.47. The van der Waals surface area contributed by atoms with Crippen molar-refractivity contribution in [3.8, 4) is 5.75 Å². The van der Waals surface area contributed by atoms with Crippen LogP contribution in [0.3, 0.4) is 0 Å². The maximum absolute atomic E-state index is 5.96. The minimum absolute atomic E-state index is 0.0660. The average Bonchev–Trinajstić information content (AvgIpc) is 2.83. The third-order valence-corrected chi connectivity index (χ3v) is 4.21. The smallest absolute Gasteiger partial charge is 0.119 e. The molecule has 3 nitrogen and oxygen atoms in total. The number of para-hydroxylation sites is 1. The van der Waals surface area contributed by atoms with Crippen molar-refractivity contribution in [2.45, 2.75) is 32.7 Å². The second-order valence-corrected chi connectivity index (χ2v) is 5.59. The topological polar surface area (TPSA) is 48.1 Å². The summed E-state index contributed by atoms with van der Waals surface area (Å²) >= 11 is 1.71. The normalized spacial score (nSPS) is 12.4. The van der Waals surface area contributed by atoms with Crippen molar-refractivity contribution in [1.29, 1.82) is 0 Å². The Hall–Kier alpha value is -1.39. The van der Waals surface area contributed by atoms with Gasteiger partial charge < -0.3 is 10.5 Å². The van der Waals surface area contributed by atoms with Crippen molar-refractivity contribution in [2.75, 3.05) is 6.61 Å². The fourth-order valence-electron chi connectivity index (χ4n) is 1.90. The van der Waals surface area contributed by atoms with Crippen LogP contribution >= 0.6 is 11.3 Å². The van der Waals surface area contributed by atoms with Gasteiger partial charge in [-0.05, 0) is 25.5 Å². The van der Waals surface area contributed by atoms with E-state index in [1.165, 1.54) is 4.88 Å². The molecule has 0 radical (unpaired) electrons. The van der Waals surface area contributed by atoms with Crippen LogP contribution in [0.2, 0.25) is 0 Å². The standard InChI is InChI=1S/C15H20N2OS/c1-3-13-15(11(2)16)19-14(17-13)9-10-18-12-7-5-4-6-8-12/h4-8,11H,3,9-10,16H2,1-2H3. The summed E-state index contributed by atoms with van der Waals surface area (Å²) in [7, 11) is 0. The predicted molar refractivity (Wildman–Crippen MR) is 79.7 cm³/mol. The molecule has 0 spiro atoms. The molecule has 2 rings (SSSR count). The molecule has 1 heterocycles. The van der Waals surface area contributed by atoms with Gasteiger partial charge in [0.05, 0.1) is 17.3 Å². The molecule has 1 aromatic heterocycles. The Bertz CT molecular complexity index is 508. The number of nitrogens with zero attached hydrogens (tertiary/aromatic N) is 1. The molecular formula is C15H20N2OS. The van der Waals surface area contributed by atoms with Gasteiger partial charge in [0.25, 0.3) is 0 Å². The molecule has 0 amide bonds. The van der Waals surface area contributed by atoms with E-state index in [4.69, 9.17) is 10.5 Å². The Morgan fingerprint density at radius 1 is 1.32 bits per heavy atom. The van der Waals surface area contributed by atoms with E-state index in [2.05, 4.69) is 11.9 Å². The molecule has 0 aliphatic heterocycles. The minimum atomic E-state index is 0.0660. The van der Waals surface area contributed by atoms with Crippen LogP contribution in [0.15, 0.2) is 30.3 Å². The van der Waals surface area contributed by atoms with Crippen molar-refractivity contribution >= 4 is 11.3 Å². The predicted octanol–water partition coefficient (Wildman–Crippen LogP) is 3.35. The summed E-state index contributed by atoms with van der Waals surface area (Å²) in [6.07, 6.45) is 1.77. The molecule has 1 unspecified atom stereocenters. The number of hydrogen-bond acceptors (Lipinski definition) is 4. The first-order valence-corrected chi connectivity index (χ1v) is 7.44. The monoisotopic (exact) mass is 276 g/mol. The van der Waals surface area contributed by atoms with E-state index in [1.807, 2.05) is 37.3 Å². The van der Waals surface area contributed by atoms with Crippen LogP contribution in [-0.2, 0) is 12.8 Å². The zero-order valence-electron chi connectivity index (χ0n) is 11.4. The zero-order valence-corrected chi connectivity index (χ0v) is 12.2. The molecule has 0 saturated carbocycles. The lowest BCUT2D eigenvalue weighted by Gasteiger charge is -2.03. The van der Waals surface area contributed by atoms with E-state index in [1.54, 1.807) is 11.3 Å². The SMILES string of the molecule is CCc1nc(CCOc2ccccc2)sc1C(C)N. The minimum Gasteiger partial charge on any atom is -0.493 e. The number of hydrogen-bond donors (Lipinski definition) is 1. The van der Waals surface area contributed by atoms with Gasteiger partial charge >= 0.3 is 0 Å². The van der Waals surface area contributed by atoms with Crippen LogP contribution in [0, 0.1) is 0 Å². The van der Waals surface area contributed by atoms with Crippen LogP contribution in [0.4, 0.5) is 0 Å². The van der Waals surface area contributed by atoms with Crippen molar-refractivity contribution in [3.63, 3.8) is 0 Å². The molecular weight excluding hydrogens is 256 g/mol. The zero-order chi connectivity index (χ0) is 13.7. The second kappa shape index (κ2) is 6.68. The van der Waals surface area contributed by atoms with Gasteiger partial charge in [-0.1, -0.05) is 25.1 Å². The Balaban J connectivity index is 1.93. The summed E-state index contributed by atoms with van der Waals surface area (Å²) in [4.78, 5) is 5.85. The van der Waals surface area contributed by atoms with E-state index in [0.29, 0.717) is 6.61 Å². The fourth-order valence-corrected chi connectivity index (χ4v) is 2.99. The average molecular weight is 276 g/mol. The Morgan fingerprint density at radius 2 is 2.05 bits per heavy atom. The van der Waals surface area contributed by atoms with E-state index < -0.39 is 0 Å². The van der Waals surface area contributed by atoms with E-state index in [9.17, 15) is 0 Å². The Kier molecular flexibility index (Phi) is 4.93. The molecule has 4 heteroatoms. The number of rotatable bonds is 6. The molecule has 0 aliphatic carbocycles. The molecule has 1 atom stereocenters. The van der Waals surface area contributed by atoms with Crippen LogP contribution in [0.25, 0.3) is 0 Å². The van der Waals surface area contributed by atoms with Gasteiger partial charge in [-0.2, -0.15) is 0 Å². The maximum Gasteiger partial charge on any atom is 0.119 e. The van der Waals surface area contributed by atoms with E-state index in [0.717, 1.165) is 29.3 Å². The number of nitrogens with two attached hydrogens (primary N) is 1. The highest BCUT2D eigenvalue weighted by Gasteiger charge is 2.12. The van der Waals surface area contributed by atoms with Gasteiger partial charge in [-0.3, -0.25) is 0 Å². The number of ether oxygens (including phenoxy) is 1. The molecule has 0 bridgehead atoms. The molecule has 2 N–H and O–H groups in total. The van der Waals surface area contributed by atoms with Crippen molar-refractivity contribution < 1.29 is 4.74 Å².